The molecule has 0 unspecified atom stereocenters. The predicted octanol–water partition coefficient (Wildman–Crippen LogP) is 3.07. The highest BCUT2D eigenvalue weighted by Crippen LogP contribution is 2.29. The normalized spacial score (nSPS) is 11.3. The van der Waals surface area contributed by atoms with Crippen molar-refractivity contribution in [1.29, 1.82) is 0 Å². The topological polar surface area (TPSA) is 97.0 Å². The van der Waals surface area contributed by atoms with Crippen molar-refractivity contribution in [3.8, 4) is 17.1 Å². The number of methoxy groups -OCH3 is 1. The van der Waals surface area contributed by atoms with Crippen LogP contribution in [0.25, 0.3) is 11.4 Å². The molecule has 0 aliphatic carbocycles. The van der Waals surface area contributed by atoms with Gasteiger partial charge in [0.1, 0.15) is 17.9 Å². The van der Waals surface area contributed by atoms with Crippen LogP contribution in [0.2, 0.25) is 5.02 Å². The molecule has 0 spiro atoms. The molecule has 0 radical (unpaired) electrons. The first-order chi connectivity index (χ1) is 11.9. The van der Waals surface area contributed by atoms with Crippen LogP contribution < -0.4 is 9.46 Å². The minimum absolute atomic E-state index is 0.122. The number of benzene rings is 2. The quantitative estimate of drug-likeness (QED) is 0.706. The Morgan fingerprint density at radius 2 is 2.04 bits per heavy atom. The predicted molar refractivity (Wildman–Crippen MR) is 90.6 cm³/mol. The van der Waals surface area contributed by atoms with Gasteiger partial charge in [-0.25, -0.2) is 17.8 Å². The van der Waals surface area contributed by atoms with Gasteiger partial charge in [-0.2, -0.15) is 5.10 Å². The molecule has 0 saturated heterocycles. The largest absolute Gasteiger partial charge is 0.495 e. The molecule has 7 nitrogen and oxygen atoms in total. The molecule has 10 heteroatoms. The maximum absolute atomic E-state index is 14.0. The van der Waals surface area contributed by atoms with Crippen molar-refractivity contribution < 1.29 is 17.5 Å². The Labute approximate surface area is 147 Å². The van der Waals surface area contributed by atoms with Gasteiger partial charge in [0.15, 0.2) is 5.82 Å². The third-order valence-corrected chi connectivity index (χ3v) is 4.99. The van der Waals surface area contributed by atoms with Crippen molar-refractivity contribution in [1.82, 2.24) is 15.2 Å². The number of hydrogen-bond donors (Lipinski definition) is 2. The van der Waals surface area contributed by atoms with Crippen molar-refractivity contribution >= 4 is 27.3 Å². The molecule has 2 N–H and O–H groups in total. The molecular weight excluding hydrogens is 371 g/mol. The third kappa shape index (κ3) is 3.57. The molecule has 3 rings (SSSR count). The SMILES string of the molecule is COc1ccc(S(=O)(=O)Nc2cc(-c3ncn[nH]3)ccc2F)cc1Cl. The molecule has 25 heavy (non-hydrogen) atoms. The summed E-state index contributed by atoms with van der Waals surface area (Å²) in [6.07, 6.45) is 1.29. The smallest absolute Gasteiger partial charge is 0.262 e. The lowest BCUT2D eigenvalue weighted by molar-refractivity contribution is 0.414. The lowest BCUT2D eigenvalue weighted by Gasteiger charge is -2.11. The van der Waals surface area contributed by atoms with Crippen LogP contribution in [0.3, 0.4) is 0 Å². The Balaban J connectivity index is 1.95. The number of nitrogens with one attached hydrogen (secondary N) is 2. The molecule has 0 bridgehead atoms. The van der Waals surface area contributed by atoms with Crippen LogP contribution >= 0.6 is 11.6 Å². The monoisotopic (exact) mass is 382 g/mol. The first-order valence-electron chi connectivity index (χ1n) is 6.92. The highest BCUT2D eigenvalue weighted by molar-refractivity contribution is 7.92. The Morgan fingerprint density at radius 1 is 1.24 bits per heavy atom. The van der Waals surface area contributed by atoms with Crippen molar-refractivity contribution in [2.75, 3.05) is 11.8 Å². The van der Waals surface area contributed by atoms with E-state index in [4.69, 9.17) is 16.3 Å². The minimum atomic E-state index is -4.05. The maximum Gasteiger partial charge on any atom is 0.262 e. The average molecular weight is 383 g/mol. The summed E-state index contributed by atoms with van der Waals surface area (Å²) < 4.78 is 46.2. The molecule has 0 aliphatic rings. The molecule has 0 saturated carbocycles. The van der Waals surface area contributed by atoms with Gasteiger partial charge in [-0.3, -0.25) is 9.82 Å². The number of hydrogen-bond acceptors (Lipinski definition) is 5. The Kier molecular flexibility index (Phi) is 4.60. The van der Waals surface area contributed by atoms with E-state index in [-0.39, 0.29) is 15.6 Å². The lowest BCUT2D eigenvalue weighted by Crippen LogP contribution is -2.14. The third-order valence-electron chi connectivity index (χ3n) is 3.33. The minimum Gasteiger partial charge on any atom is -0.495 e. The summed E-state index contributed by atoms with van der Waals surface area (Å²) in [4.78, 5) is 3.82. The molecule has 0 fully saturated rings. The molecule has 0 aliphatic heterocycles. The van der Waals surface area contributed by atoms with E-state index in [0.29, 0.717) is 17.1 Å². The van der Waals surface area contributed by atoms with Gasteiger partial charge < -0.3 is 4.74 Å². The first-order valence-corrected chi connectivity index (χ1v) is 8.78. The number of ether oxygens (including phenoxy) is 1. The summed E-state index contributed by atoms with van der Waals surface area (Å²) in [5.74, 6) is -0.0153. The molecule has 3 aromatic rings. The van der Waals surface area contributed by atoms with E-state index in [9.17, 15) is 12.8 Å². The highest BCUT2D eigenvalue weighted by Gasteiger charge is 2.19. The van der Waals surface area contributed by atoms with Gasteiger partial charge in [-0.15, -0.1) is 0 Å². The zero-order chi connectivity index (χ0) is 18.0. The molecule has 0 amide bonds. The number of nitrogens with zero attached hydrogens (tertiary/aromatic N) is 2. The van der Waals surface area contributed by atoms with Crippen LogP contribution in [0.15, 0.2) is 47.6 Å². The van der Waals surface area contributed by atoms with Crippen LogP contribution in [0.1, 0.15) is 0 Å². The number of rotatable bonds is 5. The number of halogens is 2. The average Bonchev–Trinajstić information content (AvgIpc) is 3.11. The summed E-state index contributed by atoms with van der Waals surface area (Å²) in [7, 11) is -2.63. The van der Waals surface area contributed by atoms with E-state index < -0.39 is 15.8 Å². The first kappa shape index (κ1) is 17.2. The second-order valence-electron chi connectivity index (χ2n) is 4.93. The zero-order valence-electron chi connectivity index (χ0n) is 12.8. The molecule has 1 aromatic heterocycles. The van der Waals surface area contributed by atoms with E-state index in [1.54, 1.807) is 0 Å². The fourth-order valence-corrected chi connectivity index (χ4v) is 3.52. The van der Waals surface area contributed by atoms with Gasteiger partial charge >= 0.3 is 0 Å². The molecule has 130 valence electrons. The van der Waals surface area contributed by atoms with E-state index >= 15 is 0 Å². The van der Waals surface area contributed by atoms with Crippen molar-refractivity contribution in [3.63, 3.8) is 0 Å². The van der Waals surface area contributed by atoms with Crippen LogP contribution in [-0.2, 0) is 10.0 Å². The number of aromatic amines is 1. The van der Waals surface area contributed by atoms with Crippen molar-refractivity contribution in [2.45, 2.75) is 4.90 Å². The summed E-state index contributed by atoms with van der Waals surface area (Å²) in [6, 6.07) is 7.86. The summed E-state index contributed by atoms with van der Waals surface area (Å²) >= 11 is 5.95. The Bertz CT molecular complexity index is 1010. The van der Waals surface area contributed by atoms with Gasteiger partial charge in [0.05, 0.1) is 22.7 Å². The van der Waals surface area contributed by atoms with E-state index in [1.165, 1.54) is 43.8 Å². The van der Waals surface area contributed by atoms with Gasteiger partial charge in [0.25, 0.3) is 10.0 Å². The Morgan fingerprint density at radius 3 is 2.68 bits per heavy atom. The maximum atomic E-state index is 14.0. The zero-order valence-corrected chi connectivity index (χ0v) is 14.4. The standard InChI is InChI=1S/C15H12ClFN4O3S/c1-24-14-5-3-10(7-11(14)16)25(22,23)21-13-6-9(2-4-12(13)17)15-18-8-19-20-15/h2-8,21H,1H3,(H,18,19,20). The molecule has 0 atom stereocenters. The van der Waals surface area contributed by atoms with Crippen LogP contribution in [0, 0.1) is 5.82 Å². The number of aromatic nitrogens is 3. The lowest BCUT2D eigenvalue weighted by atomic mass is 10.2. The van der Waals surface area contributed by atoms with E-state index in [0.717, 1.165) is 6.07 Å². The fourth-order valence-electron chi connectivity index (χ4n) is 2.11. The van der Waals surface area contributed by atoms with Crippen LogP contribution in [0.4, 0.5) is 10.1 Å². The highest BCUT2D eigenvalue weighted by atomic mass is 35.5. The summed E-state index contributed by atoms with van der Waals surface area (Å²) in [5.41, 5.74) is 0.255. The van der Waals surface area contributed by atoms with E-state index in [2.05, 4.69) is 19.9 Å². The molecular formula is C15H12ClFN4O3S. The van der Waals surface area contributed by atoms with Crippen LogP contribution in [0.5, 0.6) is 5.75 Å². The fraction of sp³-hybridized carbons (Fsp3) is 0.0667. The second-order valence-corrected chi connectivity index (χ2v) is 7.02. The summed E-state index contributed by atoms with van der Waals surface area (Å²) in [6.45, 7) is 0. The van der Waals surface area contributed by atoms with Crippen molar-refractivity contribution in [3.05, 3.63) is 53.6 Å². The summed E-state index contributed by atoms with van der Waals surface area (Å²) in [5, 5.41) is 6.45. The molecule has 1 heterocycles. The number of sulfonamides is 1. The second kappa shape index (κ2) is 6.69. The molecule has 2 aromatic carbocycles. The number of anilines is 1. The van der Waals surface area contributed by atoms with Gasteiger partial charge in [-0.1, -0.05) is 11.6 Å². The Hall–Kier alpha value is -2.65. The van der Waals surface area contributed by atoms with Gasteiger partial charge in [-0.05, 0) is 36.4 Å². The van der Waals surface area contributed by atoms with E-state index in [1.807, 2.05) is 0 Å². The van der Waals surface area contributed by atoms with Gasteiger partial charge in [0, 0.05) is 5.56 Å². The number of H-pyrrole nitrogens is 1. The van der Waals surface area contributed by atoms with Gasteiger partial charge in [0.2, 0.25) is 0 Å². The van der Waals surface area contributed by atoms with Crippen LogP contribution in [-0.4, -0.2) is 30.7 Å². The van der Waals surface area contributed by atoms with Crippen molar-refractivity contribution in [2.24, 2.45) is 0 Å².